The summed E-state index contributed by atoms with van der Waals surface area (Å²) >= 11 is 7.03. The molecule has 0 saturated carbocycles. The number of rotatable bonds is 9. The molecule has 1 fully saturated rings. The van der Waals surface area contributed by atoms with Gasteiger partial charge in [0.15, 0.2) is 0 Å². The van der Waals surface area contributed by atoms with Crippen LogP contribution in [0.15, 0.2) is 0 Å². The Morgan fingerprint density at radius 1 is 1.33 bits per heavy atom. The van der Waals surface area contributed by atoms with Gasteiger partial charge >= 0.3 is 5.97 Å². The summed E-state index contributed by atoms with van der Waals surface area (Å²) in [6, 6.07) is 0. The maximum absolute atomic E-state index is 11.2. The fraction of sp³-hybridized carbons (Fsp3) is 0.867. The minimum absolute atomic E-state index is 0.00967. The average Bonchev–Trinajstić information content (AvgIpc) is 2.47. The second-order valence-electron chi connectivity index (χ2n) is 5.52. The molecule has 0 atom stereocenters. The van der Waals surface area contributed by atoms with Gasteiger partial charge in [0.1, 0.15) is 0 Å². The number of hydrogen-bond acceptors (Lipinski definition) is 5. The van der Waals surface area contributed by atoms with Crippen LogP contribution in [-0.2, 0) is 9.53 Å². The quantitative estimate of drug-likeness (QED) is 0.398. The highest BCUT2D eigenvalue weighted by Gasteiger charge is 2.36. The number of ether oxygens (including phenoxy) is 1. The predicted molar refractivity (Wildman–Crippen MR) is 93.8 cm³/mol. The van der Waals surface area contributed by atoms with Gasteiger partial charge < -0.3 is 15.4 Å². The molecule has 0 spiro atoms. The van der Waals surface area contributed by atoms with Gasteiger partial charge in [0.05, 0.1) is 16.3 Å². The summed E-state index contributed by atoms with van der Waals surface area (Å²) in [6.07, 6.45) is 7.89. The van der Waals surface area contributed by atoms with Gasteiger partial charge in [-0.05, 0) is 58.5 Å². The highest BCUT2D eigenvalue weighted by atomic mass is 32.2. The Hall–Kier alpha value is -0.330. The number of esters is 1. The van der Waals surface area contributed by atoms with Gasteiger partial charge in [-0.2, -0.15) is 11.8 Å². The molecular weight excluding hydrogens is 304 g/mol. The normalized spacial score (nSPS) is 18.4. The third kappa shape index (κ3) is 6.12. The zero-order valence-corrected chi connectivity index (χ0v) is 14.9. The van der Waals surface area contributed by atoms with E-state index in [1.54, 1.807) is 11.8 Å². The number of likely N-dealkylation sites (tertiary alicyclic amines) is 1. The van der Waals surface area contributed by atoms with Gasteiger partial charge in [0.25, 0.3) is 0 Å². The van der Waals surface area contributed by atoms with E-state index in [4.69, 9.17) is 22.7 Å². The second-order valence-corrected chi connectivity index (χ2v) is 7.15. The van der Waals surface area contributed by atoms with E-state index in [9.17, 15) is 4.79 Å². The molecule has 0 amide bonds. The number of carbonyl (C=O) groups is 1. The minimum atomic E-state index is -0.0725. The largest absolute Gasteiger partial charge is 0.466 e. The van der Waals surface area contributed by atoms with Crippen LogP contribution >= 0.6 is 24.0 Å². The SMILES string of the molecule is CCOC(=O)CCCCCN1CCC(SC)(C(N)=S)CC1. The lowest BCUT2D eigenvalue weighted by Gasteiger charge is -2.40. The van der Waals surface area contributed by atoms with Crippen molar-refractivity contribution >= 4 is 34.9 Å². The number of thioether (sulfide) groups is 1. The van der Waals surface area contributed by atoms with Gasteiger partial charge in [-0.25, -0.2) is 0 Å². The van der Waals surface area contributed by atoms with Gasteiger partial charge in [-0.3, -0.25) is 4.79 Å². The summed E-state index contributed by atoms with van der Waals surface area (Å²) in [4.78, 5) is 14.4. The molecule has 122 valence electrons. The van der Waals surface area contributed by atoms with Crippen LogP contribution in [0.5, 0.6) is 0 Å². The Labute approximate surface area is 138 Å². The Morgan fingerprint density at radius 2 is 2.00 bits per heavy atom. The molecule has 0 aromatic carbocycles. The molecule has 0 unspecified atom stereocenters. The molecule has 0 bridgehead atoms. The summed E-state index contributed by atoms with van der Waals surface area (Å²) in [5, 5.41) is 0. The lowest BCUT2D eigenvalue weighted by Crippen LogP contribution is -2.49. The van der Waals surface area contributed by atoms with Gasteiger partial charge in [0.2, 0.25) is 0 Å². The fourth-order valence-electron chi connectivity index (χ4n) is 2.70. The highest BCUT2D eigenvalue weighted by molar-refractivity contribution is 8.02. The third-order valence-electron chi connectivity index (χ3n) is 4.16. The van der Waals surface area contributed by atoms with Crippen molar-refractivity contribution in [1.29, 1.82) is 0 Å². The first-order chi connectivity index (χ1) is 10.0. The Balaban J connectivity index is 2.13. The lowest BCUT2D eigenvalue weighted by atomic mass is 9.95. The molecule has 0 aromatic rings. The Morgan fingerprint density at radius 3 is 2.52 bits per heavy atom. The highest BCUT2D eigenvalue weighted by Crippen LogP contribution is 2.34. The number of thiocarbonyl (C=S) groups is 1. The van der Waals surface area contributed by atoms with Crippen LogP contribution in [-0.4, -0.2) is 53.1 Å². The predicted octanol–water partition coefficient (Wildman–Crippen LogP) is 2.59. The molecule has 0 radical (unpaired) electrons. The van der Waals surface area contributed by atoms with E-state index in [1.165, 1.54) is 0 Å². The molecule has 0 aliphatic carbocycles. The zero-order chi connectivity index (χ0) is 15.7. The van der Waals surface area contributed by atoms with Crippen LogP contribution in [0.25, 0.3) is 0 Å². The van der Waals surface area contributed by atoms with Gasteiger partial charge in [-0.15, -0.1) is 0 Å². The molecule has 1 rings (SSSR count). The smallest absolute Gasteiger partial charge is 0.305 e. The molecule has 1 aliphatic heterocycles. The number of piperidine rings is 1. The summed E-state index contributed by atoms with van der Waals surface area (Å²) in [5.41, 5.74) is 5.90. The summed E-state index contributed by atoms with van der Waals surface area (Å²) in [6.45, 7) is 5.55. The van der Waals surface area contributed by atoms with Crippen LogP contribution in [0.2, 0.25) is 0 Å². The molecule has 2 N–H and O–H groups in total. The maximum Gasteiger partial charge on any atom is 0.305 e. The third-order valence-corrected chi connectivity index (χ3v) is 6.09. The van der Waals surface area contributed by atoms with E-state index in [2.05, 4.69) is 11.2 Å². The Kier molecular flexibility index (Phi) is 8.59. The van der Waals surface area contributed by atoms with Crippen molar-refractivity contribution in [2.45, 2.75) is 50.2 Å². The average molecular weight is 333 g/mol. The molecule has 1 saturated heterocycles. The summed E-state index contributed by atoms with van der Waals surface area (Å²) in [7, 11) is 0. The first-order valence-corrected chi connectivity index (χ1v) is 9.40. The maximum atomic E-state index is 11.2. The molecule has 6 heteroatoms. The van der Waals surface area contributed by atoms with E-state index in [-0.39, 0.29) is 10.7 Å². The molecule has 0 aromatic heterocycles. The second kappa shape index (κ2) is 9.64. The van der Waals surface area contributed by atoms with Crippen LogP contribution in [0.1, 0.15) is 45.4 Å². The molecule has 1 aliphatic rings. The summed E-state index contributed by atoms with van der Waals surface area (Å²) in [5.74, 6) is -0.0725. The monoisotopic (exact) mass is 332 g/mol. The van der Waals surface area contributed by atoms with E-state index < -0.39 is 0 Å². The number of nitrogens with zero attached hydrogens (tertiary/aromatic N) is 1. The first-order valence-electron chi connectivity index (χ1n) is 7.77. The first kappa shape index (κ1) is 18.7. The van der Waals surface area contributed by atoms with Crippen molar-refractivity contribution in [3.05, 3.63) is 0 Å². The van der Waals surface area contributed by atoms with E-state index in [1.807, 2.05) is 6.92 Å². The molecule has 21 heavy (non-hydrogen) atoms. The number of hydrogen-bond donors (Lipinski definition) is 1. The van der Waals surface area contributed by atoms with Crippen molar-refractivity contribution < 1.29 is 9.53 Å². The molecule has 4 nitrogen and oxygen atoms in total. The van der Waals surface area contributed by atoms with E-state index in [0.717, 1.165) is 51.7 Å². The lowest BCUT2D eigenvalue weighted by molar-refractivity contribution is -0.143. The standard InChI is InChI=1S/C15H28N2O2S2/c1-3-19-13(18)7-5-4-6-10-17-11-8-15(21-2,9-12-17)14(16)20/h3-12H2,1-2H3,(H2,16,20). The number of unbranched alkanes of at least 4 members (excludes halogenated alkanes) is 2. The van der Waals surface area contributed by atoms with E-state index >= 15 is 0 Å². The Bertz CT molecular complexity index is 343. The van der Waals surface area contributed by atoms with Crippen LogP contribution in [0.3, 0.4) is 0 Å². The van der Waals surface area contributed by atoms with Gasteiger partial charge in [0, 0.05) is 6.42 Å². The van der Waals surface area contributed by atoms with Crippen LogP contribution < -0.4 is 5.73 Å². The summed E-state index contributed by atoms with van der Waals surface area (Å²) < 4.78 is 4.93. The topological polar surface area (TPSA) is 55.6 Å². The fourth-order valence-corrected chi connectivity index (χ4v) is 3.95. The van der Waals surface area contributed by atoms with Crippen molar-refractivity contribution in [3.8, 4) is 0 Å². The van der Waals surface area contributed by atoms with Crippen molar-refractivity contribution in [3.63, 3.8) is 0 Å². The molecular formula is C15H28N2O2S2. The number of carbonyl (C=O) groups excluding carboxylic acids is 1. The van der Waals surface area contributed by atoms with Crippen molar-refractivity contribution in [1.82, 2.24) is 4.90 Å². The van der Waals surface area contributed by atoms with Crippen LogP contribution in [0, 0.1) is 0 Å². The molecule has 1 heterocycles. The van der Waals surface area contributed by atoms with Crippen molar-refractivity contribution in [2.75, 3.05) is 32.5 Å². The zero-order valence-electron chi connectivity index (χ0n) is 13.2. The van der Waals surface area contributed by atoms with Crippen LogP contribution in [0.4, 0.5) is 0 Å². The minimum Gasteiger partial charge on any atom is -0.466 e. The van der Waals surface area contributed by atoms with Crippen molar-refractivity contribution in [2.24, 2.45) is 5.73 Å². The van der Waals surface area contributed by atoms with E-state index in [0.29, 0.717) is 18.0 Å². The number of nitrogens with two attached hydrogens (primary N) is 1. The van der Waals surface area contributed by atoms with Gasteiger partial charge in [-0.1, -0.05) is 18.6 Å².